The minimum atomic E-state index is 0.762. The van der Waals surface area contributed by atoms with Crippen molar-refractivity contribution in [2.24, 2.45) is 9.98 Å². The van der Waals surface area contributed by atoms with E-state index in [0.29, 0.717) is 0 Å². The first-order valence-corrected chi connectivity index (χ1v) is 6.67. The topological polar surface area (TPSA) is 28.0 Å². The molecule has 3 nitrogen and oxygen atoms in total. The number of allylic oxidation sites excluding steroid dienone is 5. The maximum absolute atomic E-state index is 4.54. The molecule has 1 aromatic carbocycles. The molecule has 20 heavy (non-hydrogen) atoms. The van der Waals surface area contributed by atoms with E-state index in [1.54, 1.807) is 0 Å². The van der Waals surface area contributed by atoms with Crippen molar-refractivity contribution in [1.82, 2.24) is 4.90 Å². The first kappa shape index (κ1) is 12.6. The standard InChI is InChI=1S/C17H17N3/c1-12-10-15-16(11-13(12)2)19-17(18-15)5-4-14-6-8-20(3)9-7-14/h4-11H,1-3H3. The molecule has 3 rings (SSSR count). The zero-order valence-corrected chi connectivity index (χ0v) is 12.0. The highest BCUT2D eigenvalue weighted by Gasteiger charge is 2.03. The zero-order valence-electron chi connectivity index (χ0n) is 12.0. The summed E-state index contributed by atoms with van der Waals surface area (Å²) in [5.41, 5.74) is 3.65. The summed E-state index contributed by atoms with van der Waals surface area (Å²) in [6.45, 7) is 4.20. The molecule has 0 unspecified atom stereocenters. The van der Waals surface area contributed by atoms with E-state index in [-0.39, 0.29) is 0 Å². The van der Waals surface area contributed by atoms with Crippen molar-refractivity contribution < 1.29 is 0 Å². The molecule has 0 atom stereocenters. The highest BCUT2D eigenvalue weighted by Crippen LogP contribution is 2.10. The minimum Gasteiger partial charge on any atom is -0.357 e. The zero-order chi connectivity index (χ0) is 14.1. The largest absolute Gasteiger partial charge is 0.357 e. The normalized spacial score (nSPS) is 15.8. The van der Waals surface area contributed by atoms with Crippen LogP contribution in [-0.2, 0) is 0 Å². The Morgan fingerprint density at radius 3 is 2.00 bits per heavy atom. The SMILES string of the molecule is Cc1cc2c(cc1C)=NC(=CC=C1C=CN(C)C=C1)N=2. The molecule has 2 aliphatic heterocycles. The lowest BCUT2D eigenvalue weighted by Crippen LogP contribution is -2.22. The van der Waals surface area contributed by atoms with Crippen LogP contribution in [0, 0.1) is 13.8 Å². The summed E-state index contributed by atoms with van der Waals surface area (Å²) in [6, 6.07) is 4.19. The lowest BCUT2D eigenvalue weighted by Gasteiger charge is -2.11. The second-order valence-electron chi connectivity index (χ2n) is 5.14. The van der Waals surface area contributed by atoms with Crippen LogP contribution in [0.2, 0.25) is 0 Å². The molecular weight excluding hydrogens is 246 g/mol. The quantitative estimate of drug-likeness (QED) is 0.764. The predicted molar refractivity (Wildman–Crippen MR) is 80.4 cm³/mol. The van der Waals surface area contributed by atoms with Crippen LogP contribution in [0.4, 0.5) is 0 Å². The van der Waals surface area contributed by atoms with Gasteiger partial charge >= 0.3 is 0 Å². The molecule has 0 amide bonds. The van der Waals surface area contributed by atoms with Crippen molar-refractivity contribution in [2.75, 3.05) is 7.05 Å². The summed E-state index contributed by atoms with van der Waals surface area (Å²) in [7, 11) is 2.01. The third-order valence-electron chi connectivity index (χ3n) is 3.49. The second-order valence-corrected chi connectivity index (χ2v) is 5.14. The Kier molecular flexibility index (Phi) is 3.11. The number of rotatable bonds is 1. The summed E-state index contributed by atoms with van der Waals surface area (Å²) in [5, 5.41) is 1.93. The molecule has 2 heterocycles. The van der Waals surface area contributed by atoms with E-state index >= 15 is 0 Å². The van der Waals surface area contributed by atoms with Gasteiger partial charge < -0.3 is 4.90 Å². The van der Waals surface area contributed by atoms with Crippen LogP contribution in [0.3, 0.4) is 0 Å². The van der Waals surface area contributed by atoms with Gasteiger partial charge in [0.05, 0.1) is 10.7 Å². The Labute approximate surface area is 118 Å². The van der Waals surface area contributed by atoms with Crippen LogP contribution < -0.4 is 10.7 Å². The number of benzene rings is 1. The molecular formula is C17H17N3. The molecule has 0 fully saturated rings. The van der Waals surface area contributed by atoms with Crippen molar-refractivity contribution in [3.05, 3.63) is 82.1 Å². The third-order valence-corrected chi connectivity index (χ3v) is 3.49. The smallest absolute Gasteiger partial charge is 0.153 e. The Morgan fingerprint density at radius 1 is 0.900 bits per heavy atom. The summed E-state index contributed by atoms with van der Waals surface area (Å²) in [6.07, 6.45) is 12.2. The monoisotopic (exact) mass is 263 g/mol. The van der Waals surface area contributed by atoms with E-state index in [9.17, 15) is 0 Å². The molecule has 1 aromatic rings. The van der Waals surface area contributed by atoms with Crippen LogP contribution in [0.25, 0.3) is 0 Å². The predicted octanol–water partition coefficient (Wildman–Crippen LogP) is 2.30. The van der Waals surface area contributed by atoms with Crippen LogP contribution in [0.15, 0.2) is 70.2 Å². The van der Waals surface area contributed by atoms with Crippen molar-refractivity contribution in [3.63, 3.8) is 0 Å². The van der Waals surface area contributed by atoms with Crippen LogP contribution in [-0.4, -0.2) is 11.9 Å². The van der Waals surface area contributed by atoms with Crippen molar-refractivity contribution >= 4 is 0 Å². The molecule has 0 aromatic heterocycles. The number of hydrogen-bond donors (Lipinski definition) is 0. The van der Waals surface area contributed by atoms with Gasteiger partial charge in [-0.15, -0.1) is 0 Å². The molecule has 100 valence electrons. The first-order chi connectivity index (χ1) is 9.61. The minimum absolute atomic E-state index is 0.762. The number of nitrogens with zero attached hydrogens (tertiary/aromatic N) is 3. The van der Waals surface area contributed by atoms with Gasteiger partial charge in [-0.3, -0.25) is 0 Å². The van der Waals surface area contributed by atoms with Gasteiger partial charge in [0.2, 0.25) is 0 Å². The van der Waals surface area contributed by atoms with Gasteiger partial charge in [-0.05, 0) is 60.9 Å². The summed E-state index contributed by atoms with van der Waals surface area (Å²) in [5.74, 6) is 0.762. The maximum atomic E-state index is 4.54. The van der Waals surface area contributed by atoms with Crippen LogP contribution in [0.5, 0.6) is 0 Å². The molecule has 0 aliphatic carbocycles. The lowest BCUT2D eigenvalue weighted by molar-refractivity contribution is 0.620. The number of aryl methyl sites for hydroxylation is 2. The molecule has 0 radical (unpaired) electrons. The van der Waals surface area contributed by atoms with E-state index in [1.807, 2.05) is 36.5 Å². The van der Waals surface area contributed by atoms with Gasteiger partial charge in [0.15, 0.2) is 5.82 Å². The number of hydrogen-bond acceptors (Lipinski definition) is 3. The van der Waals surface area contributed by atoms with Gasteiger partial charge in [-0.25, -0.2) is 9.98 Å². The van der Waals surface area contributed by atoms with E-state index in [2.05, 4.69) is 48.1 Å². The third kappa shape index (κ3) is 2.48. The fourth-order valence-electron chi connectivity index (χ4n) is 2.11. The van der Waals surface area contributed by atoms with Crippen molar-refractivity contribution in [2.45, 2.75) is 13.8 Å². The van der Waals surface area contributed by atoms with E-state index in [0.717, 1.165) is 22.1 Å². The van der Waals surface area contributed by atoms with Gasteiger partial charge in [0, 0.05) is 19.4 Å². The van der Waals surface area contributed by atoms with Crippen LogP contribution >= 0.6 is 0 Å². The summed E-state index contributed by atoms with van der Waals surface area (Å²) >= 11 is 0. The highest BCUT2D eigenvalue weighted by atomic mass is 15.0. The average Bonchev–Trinajstić information content (AvgIpc) is 2.80. The van der Waals surface area contributed by atoms with E-state index in [4.69, 9.17) is 0 Å². The Balaban J connectivity index is 1.93. The number of fused-ring (bicyclic) bond motifs is 1. The molecule has 0 N–H and O–H groups in total. The van der Waals surface area contributed by atoms with Gasteiger partial charge in [-0.1, -0.05) is 6.08 Å². The molecule has 3 heteroatoms. The van der Waals surface area contributed by atoms with Crippen molar-refractivity contribution in [1.29, 1.82) is 0 Å². The summed E-state index contributed by atoms with van der Waals surface area (Å²) in [4.78, 5) is 11.1. The van der Waals surface area contributed by atoms with E-state index < -0.39 is 0 Å². The second kappa shape index (κ2) is 4.93. The first-order valence-electron chi connectivity index (χ1n) is 6.67. The average molecular weight is 263 g/mol. The highest BCUT2D eigenvalue weighted by molar-refractivity contribution is 5.37. The van der Waals surface area contributed by atoms with Crippen LogP contribution in [0.1, 0.15) is 11.1 Å². The fraction of sp³-hybridized carbons (Fsp3) is 0.176. The van der Waals surface area contributed by atoms with Gasteiger partial charge in [0.25, 0.3) is 0 Å². The molecule has 0 spiro atoms. The Morgan fingerprint density at radius 2 is 1.45 bits per heavy atom. The van der Waals surface area contributed by atoms with Gasteiger partial charge in [-0.2, -0.15) is 0 Å². The maximum Gasteiger partial charge on any atom is 0.153 e. The Hall–Kier alpha value is -2.42. The molecule has 0 bridgehead atoms. The lowest BCUT2D eigenvalue weighted by atomic mass is 10.1. The van der Waals surface area contributed by atoms with Gasteiger partial charge in [0.1, 0.15) is 0 Å². The molecule has 2 aliphatic rings. The summed E-state index contributed by atoms with van der Waals surface area (Å²) < 4.78 is 0. The van der Waals surface area contributed by atoms with Crippen molar-refractivity contribution in [3.8, 4) is 0 Å². The van der Waals surface area contributed by atoms with E-state index in [1.165, 1.54) is 11.1 Å². The molecule has 0 saturated carbocycles. The molecule has 0 saturated heterocycles. The fourth-order valence-corrected chi connectivity index (χ4v) is 2.11. The Bertz CT molecular complexity index is 733.